The van der Waals surface area contributed by atoms with Crippen molar-refractivity contribution in [2.24, 2.45) is 0 Å². The first kappa shape index (κ1) is 23.5. The number of nitrogens with one attached hydrogen (secondary N) is 3. The van der Waals surface area contributed by atoms with Crippen molar-refractivity contribution in [3.63, 3.8) is 0 Å². The Morgan fingerprint density at radius 3 is 2.69 bits per heavy atom. The molecule has 186 valence electrons. The van der Waals surface area contributed by atoms with E-state index < -0.39 is 18.5 Å². The molecule has 4 aromatic rings. The molecule has 0 saturated heterocycles. The van der Waals surface area contributed by atoms with Crippen LogP contribution in [-0.4, -0.2) is 44.9 Å². The third kappa shape index (κ3) is 4.92. The first-order valence-corrected chi connectivity index (χ1v) is 11.1. The van der Waals surface area contributed by atoms with E-state index in [1.165, 1.54) is 24.7 Å². The van der Waals surface area contributed by atoms with E-state index in [9.17, 15) is 18.0 Å². The van der Waals surface area contributed by atoms with Crippen LogP contribution in [0.5, 0.6) is 0 Å². The van der Waals surface area contributed by atoms with Gasteiger partial charge in [0.05, 0.1) is 11.9 Å². The molecule has 0 spiro atoms. The van der Waals surface area contributed by atoms with Gasteiger partial charge in [-0.25, -0.2) is 9.37 Å². The number of carbonyl (C=O) groups excluding carboxylic acids is 1. The molecule has 0 fully saturated rings. The zero-order valence-corrected chi connectivity index (χ0v) is 19.1. The second kappa shape index (κ2) is 9.10. The summed E-state index contributed by atoms with van der Waals surface area (Å²) in [5.74, 6) is 0.342. The maximum absolute atomic E-state index is 15.0. The molecule has 3 N–H and O–H groups in total. The van der Waals surface area contributed by atoms with Crippen LogP contribution < -0.4 is 16.0 Å². The van der Waals surface area contributed by atoms with Gasteiger partial charge >= 0.3 is 6.18 Å². The molecule has 1 amide bonds. The van der Waals surface area contributed by atoms with E-state index in [1.54, 1.807) is 23.7 Å². The van der Waals surface area contributed by atoms with Crippen LogP contribution in [0, 0.1) is 12.7 Å². The number of pyridine rings is 2. The summed E-state index contributed by atoms with van der Waals surface area (Å²) in [5, 5.41) is 13.9. The predicted molar refractivity (Wildman–Crippen MR) is 126 cm³/mol. The second-order valence-corrected chi connectivity index (χ2v) is 8.48. The summed E-state index contributed by atoms with van der Waals surface area (Å²) < 4.78 is 54.6. The molecule has 0 bridgehead atoms. The molecule has 0 saturated carbocycles. The van der Waals surface area contributed by atoms with E-state index in [2.05, 4.69) is 31.0 Å². The predicted octanol–water partition coefficient (Wildman–Crippen LogP) is 4.33. The van der Waals surface area contributed by atoms with Gasteiger partial charge < -0.3 is 16.0 Å². The van der Waals surface area contributed by atoms with Gasteiger partial charge in [0.15, 0.2) is 5.82 Å². The van der Waals surface area contributed by atoms with Crippen LogP contribution >= 0.6 is 0 Å². The van der Waals surface area contributed by atoms with Crippen LogP contribution in [0.1, 0.15) is 11.3 Å². The zero-order chi connectivity index (χ0) is 25.4. The topological polar surface area (TPSA) is 96.8 Å². The standard InChI is InChI=1S/C24H21F4N7O/c1-13-18(9-29-10-20(13)32-12-24(26,27)28)17-4-14-6-21(31-8-15(14)5-19(17)25)33-22-7-16-2-3-30-23(36)11-35(16)34-22/h4-10,32H,2-3,11-12H2,1H3,(H,30,36)(H,31,33,34). The van der Waals surface area contributed by atoms with Crippen molar-refractivity contribution in [2.75, 3.05) is 23.7 Å². The minimum absolute atomic E-state index is 0.107. The van der Waals surface area contributed by atoms with Crippen molar-refractivity contribution in [1.82, 2.24) is 25.1 Å². The average Bonchev–Trinajstić information content (AvgIpc) is 3.09. The fourth-order valence-corrected chi connectivity index (χ4v) is 4.12. The van der Waals surface area contributed by atoms with Gasteiger partial charge in [-0.15, -0.1) is 0 Å². The van der Waals surface area contributed by atoms with Crippen LogP contribution in [0.3, 0.4) is 0 Å². The summed E-state index contributed by atoms with van der Waals surface area (Å²) >= 11 is 0. The number of anilines is 3. The minimum atomic E-state index is -4.40. The zero-order valence-electron chi connectivity index (χ0n) is 19.1. The van der Waals surface area contributed by atoms with E-state index in [1.807, 2.05) is 6.07 Å². The van der Waals surface area contributed by atoms with Gasteiger partial charge in [-0.1, -0.05) is 0 Å². The number of nitrogens with zero attached hydrogens (tertiary/aromatic N) is 4. The number of rotatable bonds is 5. The highest BCUT2D eigenvalue weighted by atomic mass is 19.4. The Labute approximate surface area is 202 Å². The Balaban J connectivity index is 1.45. The molecule has 4 heterocycles. The molecule has 8 nitrogen and oxygen atoms in total. The molecule has 0 aliphatic carbocycles. The third-order valence-electron chi connectivity index (χ3n) is 5.91. The quantitative estimate of drug-likeness (QED) is 0.354. The molecule has 1 aliphatic rings. The van der Waals surface area contributed by atoms with Crippen molar-refractivity contribution in [2.45, 2.75) is 26.1 Å². The number of amides is 1. The van der Waals surface area contributed by atoms with Crippen molar-refractivity contribution in [3.05, 3.63) is 59.9 Å². The molecule has 0 unspecified atom stereocenters. The van der Waals surface area contributed by atoms with Crippen molar-refractivity contribution in [3.8, 4) is 11.1 Å². The summed E-state index contributed by atoms with van der Waals surface area (Å²) in [6.45, 7) is 1.06. The van der Waals surface area contributed by atoms with Gasteiger partial charge in [0.25, 0.3) is 0 Å². The van der Waals surface area contributed by atoms with E-state index in [0.717, 1.165) is 5.69 Å². The Hall–Kier alpha value is -4.22. The van der Waals surface area contributed by atoms with E-state index in [4.69, 9.17) is 0 Å². The summed E-state index contributed by atoms with van der Waals surface area (Å²) in [6.07, 6.45) is 0.482. The van der Waals surface area contributed by atoms with E-state index in [-0.39, 0.29) is 23.7 Å². The molecular weight excluding hydrogens is 478 g/mol. The van der Waals surface area contributed by atoms with Gasteiger partial charge in [-0.2, -0.15) is 18.3 Å². The first-order valence-electron chi connectivity index (χ1n) is 11.1. The lowest BCUT2D eigenvalue weighted by atomic mass is 9.98. The van der Waals surface area contributed by atoms with Gasteiger partial charge in [0, 0.05) is 53.6 Å². The lowest BCUT2D eigenvalue weighted by molar-refractivity contribution is -0.121. The summed E-state index contributed by atoms with van der Waals surface area (Å²) in [4.78, 5) is 20.1. The SMILES string of the molecule is Cc1c(NCC(F)(F)F)cncc1-c1cc2cc(Nc3cc4n(n3)CC(=O)NCC4)ncc2cc1F. The van der Waals surface area contributed by atoms with Crippen LogP contribution in [0.15, 0.2) is 42.9 Å². The molecule has 5 rings (SSSR count). The number of hydrogen-bond acceptors (Lipinski definition) is 6. The maximum Gasteiger partial charge on any atom is 0.405 e. The maximum atomic E-state index is 15.0. The largest absolute Gasteiger partial charge is 0.405 e. The number of alkyl halides is 3. The number of fused-ring (bicyclic) bond motifs is 2. The minimum Gasteiger partial charge on any atom is -0.375 e. The Morgan fingerprint density at radius 1 is 1.06 bits per heavy atom. The molecule has 12 heteroatoms. The smallest absolute Gasteiger partial charge is 0.375 e. The molecule has 1 aliphatic heterocycles. The van der Waals surface area contributed by atoms with Gasteiger partial charge in [-0.05, 0) is 36.1 Å². The monoisotopic (exact) mass is 499 g/mol. The highest BCUT2D eigenvalue weighted by molar-refractivity contribution is 5.90. The van der Waals surface area contributed by atoms with Crippen LogP contribution in [0.2, 0.25) is 0 Å². The van der Waals surface area contributed by atoms with Crippen LogP contribution in [-0.2, 0) is 17.8 Å². The normalized spacial score (nSPS) is 13.8. The Bertz CT molecular complexity index is 1470. The fourth-order valence-electron chi connectivity index (χ4n) is 4.12. The number of aromatic nitrogens is 4. The molecular formula is C24H21F4N7O. The van der Waals surface area contributed by atoms with Crippen molar-refractivity contribution >= 4 is 34.0 Å². The van der Waals surface area contributed by atoms with Crippen molar-refractivity contribution < 1.29 is 22.4 Å². The Morgan fingerprint density at radius 2 is 1.89 bits per heavy atom. The molecule has 1 aromatic carbocycles. The summed E-state index contributed by atoms with van der Waals surface area (Å²) in [6, 6.07) is 6.51. The summed E-state index contributed by atoms with van der Waals surface area (Å²) in [5.41, 5.74) is 2.12. The number of halogens is 4. The van der Waals surface area contributed by atoms with Gasteiger partial charge in [0.1, 0.15) is 24.7 Å². The lowest BCUT2D eigenvalue weighted by Gasteiger charge is -2.15. The fraction of sp³-hybridized carbons (Fsp3) is 0.250. The van der Waals surface area contributed by atoms with Crippen LogP contribution in [0.4, 0.5) is 34.9 Å². The van der Waals surface area contributed by atoms with Gasteiger partial charge in [0.2, 0.25) is 5.91 Å². The highest BCUT2D eigenvalue weighted by Crippen LogP contribution is 2.33. The number of carbonyl (C=O) groups is 1. The van der Waals surface area contributed by atoms with Crippen molar-refractivity contribution in [1.29, 1.82) is 0 Å². The summed E-state index contributed by atoms with van der Waals surface area (Å²) in [7, 11) is 0. The lowest BCUT2D eigenvalue weighted by Crippen LogP contribution is -2.25. The molecule has 0 atom stereocenters. The Kier molecular flexibility index (Phi) is 5.94. The number of benzene rings is 1. The van der Waals surface area contributed by atoms with E-state index >= 15 is 4.39 Å². The molecule has 0 radical (unpaired) electrons. The first-order chi connectivity index (χ1) is 17.2. The molecule has 36 heavy (non-hydrogen) atoms. The van der Waals surface area contributed by atoms with E-state index in [0.29, 0.717) is 46.5 Å². The number of hydrogen-bond donors (Lipinski definition) is 3. The van der Waals surface area contributed by atoms with Crippen LogP contribution in [0.25, 0.3) is 21.9 Å². The average molecular weight is 499 g/mol. The second-order valence-electron chi connectivity index (χ2n) is 8.48. The third-order valence-corrected chi connectivity index (χ3v) is 5.91. The van der Waals surface area contributed by atoms with Gasteiger partial charge in [-0.3, -0.25) is 14.5 Å². The molecule has 3 aromatic heterocycles. The highest BCUT2D eigenvalue weighted by Gasteiger charge is 2.27.